The number of hydrogen-bond acceptors (Lipinski definition) is 3. The van der Waals surface area contributed by atoms with Crippen molar-refractivity contribution in [2.24, 2.45) is 11.8 Å². The first-order valence-corrected chi connectivity index (χ1v) is 7.01. The zero-order valence-corrected chi connectivity index (χ0v) is 12.4. The van der Waals surface area contributed by atoms with Gasteiger partial charge in [0.25, 0.3) is 11.8 Å². The highest BCUT2D eigenvalue weighted by Crippen LogP contribution is 2.26. The number of carbonyl (C=O) groups excluding carboxylic acids is 2. The van der Waals surface area contributed by atoms with Crippen molar-refractivity contribution < 1.29 is 19.5 Å². The van der Waals surface area contributed by atoms with Crippen LogP contribution in [-0.4, -0.2) is 34.3 Å². The maximum Gasteiger partial charge on any atom is 0.308 e. The molecule has 1 aliphatic heterocycles. The number of carboxylic acids is 1. The lowest BCUT2D eigenvalue weighted by Crippen LogP contribution is -2.37. The molecule has 21 heavy (non-hydrogen) atoms. The number of amides is 2. The van der Waals surface area contributed by atoms with Gasteiger partial charge in [-0.25, -0.2) is 0 Å². The number of aryl methyl sites for hydroxylation is 1. The van der Waals surface area contributed by atoms with E-state index in [0.717, 1.165) is 10.5 Å². The van der Waals surface area contributed by atoms with Crippen molar-refractivity contribution in [1.82, 2.24) is 4.90 Å². The van der Waals surface area contributed by atoms with Crippen LogP contribution >= 0.6 is 0 Å². The average molecular weight is 289 g/mol. The van der Waals surface area contributed by atoms with Gasteiger partial charge in [-0.2, -0.15) is 0 Å². The Balaban J connectivity index is 2.24. The van der Waals surface area contributed by atoms with Crippen LogP contribution in [0.4, 0.5) is 0 Å². The molecule has 1 heterocycles. The number of fused-ring (bicyclic) bond motifs is 1. The normalized spacial score (nSPS) is 15.5. The first-order valence-electron chi connectivity index (χ1n) is 7.01. The van der Waals surface area contributed by atoms with Gasteiger partial charge in [0, 0.05) is 6.54 Å². The first kappa shape index (κ1) is 15.2. The van der Waals surface area contributed by atoms with E-state index < -0.39 is 23.7 Å². The molecule has 1 aromatic rings. The monoisotopic (exact) mass is 289 g/mol. The Morgan fingerprint density at radius 2 is 1.81 bits per heavy atom. The van der Waals surface area contributed by atoms with Crippen molar-refractivity contribution in [3.8, 4) is 0 Å². The van der Waals surface area contributed by atoms with E-state index in [9.17, 15) is 19.5 Å². The van der Waals surface area contributed by atoms with E-state index in [0.29, 0.717) is 17.5 Å². The van der Waals surface area contributed by atoms with Crippen LogP contribution < -0.4 is 0 Å². The van der Waals surface area contributed by atoms with Gasteiger partial charge in [-0.3, -0.25) is 19.3 Å². The van der Waals surface area contributed by atoms with Crippen LogP contribution in [0.5, 0.6) is 0 Å². The predicted octanol–water partition coefficient (Wildman–Crippen LogP) is 2.34. The van der Waals surface area contributed by atoms with Crippen LogP contribution in [-0.2, 0) is 4.79 Å². The standard InChI is InChI=1S/C16H19NO4/c1-9(2)6-11(16(20)21)8-17-14(18)12-5-4-10(3)7-13(12)15(17)19/h4-5,7,9,11H,6,8H2,1-3H3,(H,20,21). The third-order valence-electron chi connectivity index (χ3n) is 3.63. The van der Waals surface area contributed by atoms with Crippen molar-refractivity contribution in [3.63, 3.8) is 0 Å². The molecule has 0 radical (unpaired) electrons. The lowest BCUT2D eigenvalue weighted by Gasteiger charge is -2.20. The Hall–Kier alpha value is -2.17. The zero-order chi connectivity index (χ0) is 15.7. The predicted molar refractivity (Wildman–Crippen MR) is 77.1 cm³/mol. The molecule has 0 aromatic heterocycles. The van der Waals surface area contributed by atoms with Crippen molar-refractivity contribution >= 4 is 17.8 Å². The van der Waals surface area contributed by atoms with E-state index in [1.54, 1.807) is 18.2 Å². The van der Waals surface area contributed by atoms with Gasteiger partial charge in [-0.1, -0.05) is 25.5 Å². The second-order valence-electron chi connectivity index (χ2n) is 5.93. The average Bonchev–Trinajstić information content (AvgIpc) is 2.62. The summed E-state index contributed by atoms with van der Waals surface area (Å²) in [5.74, 6) is -2.31. The number of imide groups is 1. The summed E-state index contributed by atoms with van der Waals surface area (Å²) in [6.45, 7) is 5.61. The Morgan fingerprint density at radius 3 is 2.38 bits per heavy atom. The molecule has 0 bridgehead atoms. The van der Waals surface area contributed by atoms with Crippen LogP contribution in [0.2, 0.25) is 0 Å². The molecular formula is C16H19NO4. The number of rotatable bonds is 5. The minimum Gasteiger partial charge on any atom is -0.481 e. The number of nitrogens with zero attached hydrogens (tertiary/aromatic N) is 1. The molecule has 1 unspecified atom stereocenters. The first-order chi connectivity index (χ1) is 9.81. The van der Waals surface area contributed by atoms with Gasteiger partial charge in [0.1, 0.15) is 0 Å². The van der Waals surface area contributed by atoms with Crippen molar-refractivity contribution in [1.29, 1.82) is 0 Å². The number of carboxylic acid groups (broad SMARTS) is 1. The molecule has 0 saturated heterocycles. The fourth-order valence-corrected chi connectivity index (χ4v) is 2.61. The van der Waals surface area contributed by atoms with Gasteiger partial charge < -0.3 is 5.11 Å². The van der Waals surface area contributed by atoms with Gasteiger partial charge in [-0.05, 0) is 31.4 Å². The van der Waals surface area contributed by atoms with Crippen LogP contribution in [0.25, 0.3) is 0 Å². The molecule has 1 aliphatic rings. The second kappa shape index (κ2) is 5.68. The number of hydrogen-bond donors (Lipinski definition) is 1. The molecule has 5 heteroatoms. The van der Waals surface area contributed by atoms with E-state index in [1.165, 1.54) is 0 Å². The molecular weight excluding hydrogens is 270 g/mol. The molecule has 112 valence electrons. The molecule has 2 amide bonds. The SMILES string of the molecule is Cc1ccc2c(c1)C(=O)N(CC(CC(C)C)C(=O)O)C2=O. The highest BCUT2D eigenvalue weighted by Gasteiger charge is 2.38. The zero-order valence-electron chi connectivity index (χ0n) is 12.4. The fourth-order valence-electron chi connectivity index (χ4n) is 2.61. The van der Waals surface area contributed by atoms with Gasteiger partial charge in [-0.15, -0.1) is 0 Å². The van der Waals surface area contributed by atoms with E-state index in [2.05, 4.69) is 0 Å². The topological polar surface area (TPSA) is 74.7 Å². The lowest BCUT2D eigenvalue weighted by atomic mass is 9.96. The summed E-state index contributed by atoms with van der Waals surface area (Å²) in [5.41, 5.74) is 1.63. The molecule has 1 atom stereocenters. The molecule has 1 N–H and O–H groups in total. The van der Waals surface area contributed by atoms with Crippen molar-refractivity contribution in [2.75, 3.05) is 6.54 Å². The second-order valence-corrected chi connectivity index (χ2v) is 5.93. The quantitative estimate of drug-likeness (QED) is 0.844. The highest BCUT2D eigenvalue weighted by atomic mass is 16.4. The van der Waals surface area contributed by atoms with E-state index >= 15 is 0 Å². The summed E-state index contributed by atoms with van der Waals surface area (Å²) in [6.07, 6.45) is 0.432. The van der Waals surface area contributed by atoms with Gasteiger partial charge in [0.15, 0.2) is 0 Å². The summed E-state index contributed by atoms with van der Waals surface area (Å²) in [6, 6.07) is 5.08. The van der Waals surface area contributed by atoms with Crippen LogP contribution in [0.1, 0.15) is 46.5 Å². The molecule has 2 rings (SSSR count). The van der Waals surface area contributed by atoms with E-state index in [4.69, 9.17) is 0 Å². The maximum absolute atomic E-state index is 12.3. The minimum absolute atomic E-state index is 0.0705. The number of benzene rings is 1. The molecule has 0 fully saturated rings. The number of carbonyl (C=O) groups is 3. The molecule has 0 saturated carbocycles. The third kappa shape index (κ3) is 2.96. The van der Waals surface area contributed by atoms with Gasteiger partial charge in [0.05, 0.1) is 17.0 Å². The summed E-state index contributed by atoms with van der Waals surface area (Å²) < 4.78 is 0. The van der Waals surface area contributed by atoms with Gasteiger partial charge >= 0.3 is 5.97 Å². The largest absolute Gasteiger partial charge is 0.481 e. The van der Waals surface area contributed by atoms with Crippen LogP contribution in [0, 0.1) is 18.8 Å². The summed E-state index contributed by atoms with van der Waals surface area (Å²) >= 11 is 0. The maximum atomic E-state index is 12.3. The smallest absolute Gasteiger partial charge is 0.308 e. The van der Waals surface area contributed by atoms with Crippen LogP contribution in [0.15, 0.2) is 18.2 Å². The van der Waals surface area contributed by atoms with Gasteiger partial charge in [0.2, 0.25) is 0 Å². The Bertz CT molecular complexity index is 606. The lowest BCUT2D eigenvalue weighted by molar-refractivity contribution is -0.142. The van der Waals surface area contributed by atoms with E-state index in [-0.39, 0.29) is 12.5 Å². The number of aliphatic carboxylic acids is 1. The van der Waals surface area contributed by atoms with Crippen molar-refractivity contribution in [2.45, 2.75) is 27.2 Å². The third-order valence-corrected chi connectivity index (χ3v) is 3.63. The Kier molecular flexibility index (Phi) is 4.11. The Morgan fingerprint density at radius 1 is 1.19 bits per heavy atom. The van der Waals surface area contributed by atoms with E-state index in [1.807, 2.05) is 20.8 Å². The summed E-state index contributed by atoms with van der Waals surface area (Å²) in [4.78, 5) is 37.0. The highest BCUT2D eigenvalue weighted by molar-refractivity contribution is 6.21. The molecule has 1 aromatic carbocycles. The Labute approximate surface area is 123 Å². The van der Waals surface area contributed by atoms with Crippen molar-refractivity contribution in [3.05, 3.63) is 34.9 Å². The molecule has 0 aliphatic carbocycles. The summed E-state index contributed by atoms with van der Waals surface area (Å²) in [7, 11) is 0. The molecule has 5 nitrogen and oxygen atoms in total. The minimum atomic E-state index is -0.976. The molecule has 0 spiro atoms. The summed E-state index contributed by atoms with van der Waals surface area (Å²) in [5, 5.41) is 9.27. The fraction of sp³-hybridized carbons (Fsp3) is 0.438. The van der Waals surface area contributed by atoms with Crippen LogP contribution in [0.3, 0.4) is 0 Å².